The zero-order valence-electron chi connectivity index (χ0n) is 10.6. The zero-order chi connectivity index (χ0) is 14.3. The van der Waals surface area contributed by atoms with Crippen LogP contribution in [0.1, 0.15) is 12.5 Å². The predicted octanol–water partition coefficient (Wildman–Crippen LogP) is 4.40. The van der Waals surface area contributed by atoms with Crippen molar-refractivity contribution in [3.8, 4) is 11.1 Å². The highest BCUT2D eigenvalue weighted by Gasteiger charge is 2.17. The van der Waals surface area contributed by atoms with Crippen LogP contribution in [0.3, 0.4) is 0 Å². The van der Waals surface area contributed by atoms with Gasteiger partial charge in [-0.15, -0.1) is 0 Å². The van der Waals surface area contributed by atoms with E-state index in [-0.39, 0.29) is 11.0 Å². The van der Waals surface area contributed by atoms with Crippen LogP contribution in [-0.2, 0) is 6.42 Å². The van der Waals surface area contributed by atoms with Crippen LogP contribution in [0.4, 0.5) is 4.39 Å². The summed E-state index contributed by atoms with van der Waals surface area (Å²) >= 11 is 12.6. The second-order valence-electron chi connectivity index (χ2n) is 4.34. The normalized spacial score (nSPS) is 11.2. The Kier molecular flexibility index (Phi) is 3.36. The maximum atomic E-state index is 13.4. The molecule has 2 aromatic heterocycles. The van der Waals surface area contributed by atoms with Gasteiger partial charge in [0.2, 0.25) is 0 Å². The first-order valence-electron chi connectivity index (χ1n) is 6.09. The van der Waals surface area contributed by atoms with Crippen LogP contribution in [0.2, 0.25) is 10.3 Å². The lowest BCUT2D eigenvalue weighted by molar-refractivity contribution is 0.628. The second-order valence-corrected chi connectivity index (χ2v) is 5.05. The molecule has 0 aliphatic rings. The van der Waals surface area contributed by atoms with Gasteiger partial charge in [0.1, 0.15) is 16.1 Å². The maximum absolute atomic E-state index is 13.4. The third kappa shape index (κ3) is 2.05. The van der Waals surface area contributed by atoms with Crippen LogP contribution in [0.5, 0.6) is 0 Å². The molecule has 1 aromatic carbocycles. The van der Waals surface area contributed by atoms with Crippen LogP contribution in [0, 0.1) is 5.82 Å². The molecule has 0 amide bonds. The van der Waals surface area contributed by atoms with Gasteiger partial charge in [-0.2, -0.15) is 5.10 Å². The van der Waals surface area contributed by atoms with Crippen molar-refractivity contribution in [2.24, 2.45) is 0 Å². The number of benzene rings is 1. The molecule has 20 heavy (non-hydrogen) atoms. The average molecular weight is 310 g/mol. The number of hydrogen-bond acceptors (Lipinski definition) is 2. The molecule has 3 aromatic rings. The molecule has 102 valence electrons. The van der Waals surface area contributed by atoms with Crippen molar-refractivity contribution in [2.45, 2.75) is 13.3 Å². The van der Waals surface area contributed by atoms with Gasteiger partial charge < -0.3 is 0 Å². The highest BCUT2D eigenvalue weighted by atomic mass is 35.5. The zero-order valence-corrected chi connectivity index (χ0v) is 12.1. The van der Waals surface area contributed by atoms with Gasteiger partial charge >= 0.3 is 0 Å². The lowest BCUT2D eigenvalue weighted by Crippen LogP contribution is -1.98. The number of aryl methyl sites for hydroxylation is 1. The fourth-order valence-electron chi connectivity index (χ4n) is 2.11. The Balaban J connectivity index is 2.32. The van der Waals surface area contributed by atoms with Crippen molar-refractivity contribution in [1.29, 1.82) is 0 Å². The lowest BCUT2D eigenvalue weighted by Gasteiger charge is -2.09. The summed E-state index contributed by atoms with van der Waals surface area (Å²) in [5.74, 6) is -0.357. The van der Waals surface area contributed by atoms with Gasteiger partial charge in [0.15, 0.2) is 5.65 Å². The Labute approximate surface area is 125 Å². The molecule has 0 saturated carbocycles. The molecule has 0 N–H and O–H groups in total. The van der Waals surface area contributed by atoms with E-state index >= 15 is 0 Å². The van der Waals surface area contributed by atoms with Crippen molar-refractivity contribution in [2.75, 3.05) is 0 Å². The summed E-state index contributed by atoms with van der Waals surface area (Å²) in [6.45, 7) is 2.00. The van der Waals surface area contributed by atoms with Crippen LogP contribution in [0.15, 0.2) is 30.5 Å². The van der Waals surface area contributed by atoms with Gasteiger partial charge in [-0.25, -0.2) is 13.9 Å². The van der Waals surface area contributed by atoms with Gasteiger partial charge in [0.05, 0.1) is 11.8 Å². The van der Waals surface area contributed by atoms with E-state index in [0.717, 1.165) is 12.0 Å². The number of aromatic nitrogens is 3. The molecule has 3 nitrogen and oxygen atoms in total. The van der Waals surface area contributed by atoms with Crippen LogP contribution in [0.25, 0.3) is 16.8 Å². The van der Waals surface area contributed by atoms with E-state index < -0.39 is 0 Å². The Morgan fingerprint density at radius 2 is 2.10 bits per heavy atom. The Morgan fingerprint density at radius 1 is 1.30 bits per heavy atom. The molecular weight excluding hydrogens is 300 g/mol. The largest absolute Gasteiger partial charge is 0.216 e. The predicted molar refractivity (Wildman–Crippen MR) is 77.8 cm³/mol. The van der Waals surface area contributed by atoms with Crippen LogP contribution >= 0.6 is 23.2 Å². The molecule has 0 spiro atoms. The first kappa shape index (κ1) is 13.3. The minimum atomic E-state index is -0.357. The van der Waals surface area contributed by atoms with E-state index in [9.17, 15) is 4.39 Å². The Hall–Kier alpha value is -1.65. The number of nitrogens with zero attached hydrogens (tertiary/aromatic N) is 3. The van der Waals surface area contributed by atoms with Gasteiger partial charge in [-0.05, 0) is 24.1 Å². The quantitative estimate of drug-likeness (QED) is 0.657. The van der Waals surface area contributed by atoms with Gasteiger partial charge in [0.25, 0.3) is 0 Å². The first-order valence-corrected chi connectivity index (χ1v) is 6.85. The van der Waals surface area contributed by atoms with Gasteiger partial charge in [-0.1, -0.05) is 42.3 Å². The number of hydrogen-bond donors (Lipinski definition) is 0. The molecule has 0 atom stereocenters. The molecule has 6 heteroatoms. The smallest absolute Gasteiger partial charge is 0.161 e. The van der Waals surface area contributed by atoms with E-state index in [2.05, 4.69) is 10.1 Å². The van der Waals surface area contributed by atoms with E-state index in [1.807, 2.05) is 6.92 Å². The molecule has 0 aliphatic carbocycles. The monoisotopic (exact) mass is 309 g/mol. The standard InChI is InChI=1S/C14H10Cl2FN3/c1-2-8-7-18-20-13(16)11(12(15)19-14(8)20)9-4-3-5-10(17)6-9/h3-7H,2H2,1H3. The van der Waals surface area contributed by atoms with Crippen molar-refractivity contribution < 1.29 is 4.39 Å². The summed E-state index contributed by atoms with van der Waals surface area (Å²) in [6.07, 6.45) is 2.49. The minimum Gasteiger partial charge on any atom is -0.216 e. The van der Waals surface area contributed by atoms with Gasteiger partial charge in [-0.3, -0.25) is 0 Å². The summed E-state index contributed by atoms with van der Waals surface area (Å²) in [5.41, 5.74) is 2.64. The van der Waals surface area contributed by atoms with E-state index in [4.69, 9.17) is 23.2 Å². The van der Waals surface area contributed by atoms with Crippen LogP contribution < -0.4 is 0 Å². The fraction of sp³-hybridized carbons (Fsp3) is 0.143. The fourth-order valence-corrected chi connectivity index (χ4v) is 2.76. The molecular formula is C14H10Cl2FN3. The molecule has 0 fully saturated rings. The SMILES string of the molecule is CCc1cnn2c(Cl)c(-c3cccc(F)c3)c(Cl)nc12. The summed E-state index contributed by atoms with van der Waals surface area (Å²) in [4.78, 5) is 4.33. The topological polar surface area (TPSA) is 30.2 Å². The summed E-state index contributed by atoms with van der Waals surface area (Å²) < 4.78 is 14.9. The number of halogens is 3. The third-order valence-electron chi connectivity index (χ3n) is 3.11. The average Bonchev–Trinajstić information content (AvgIpc) is 2.82. The molecule has 0 saturated heterocycles. The third-order valence-corrected chi connectivity index (χ3v) is 3.74. The molecule has 3 rings (SSSR count). The molecule has 0 unspecified atom stereocenters. The minimum absolute atomic E-state index is 0.239. The number of rotatable bonds is 2. The molecule has 0 aliphatic heterocycles. The summed E-state index contributed by atoms with van der Waals surface area (Å²) in [7, 11) is 0. The highest BCUT2D eigenvalue weighted by Crippen LogP contribution is 2.34. The second kappa shape index (κ2) is 5.04. The van der Waals surface area contributed by atoms with E-state index in [1.54, 1.807) is 18.3 Å². The molecule has 0 radical (unpaired) electrons. The van der Waals surface area contributed by atoms with Crippen molar-refractivity contribution in [1.82, 2.24) is 14.6 Å². The van der Waals surface area contributed by atoms with Crippen molar-refractivity contribution in [3.05, 3.63) is 52.1 Å². The summed E-state index contributed by atoms with van der Waals surface area (Å²) in [6, 6.07) is 6.06. The lowest BCUT2D eigenvalue weighted by atomic mass is 10.1. The Morgan fingerprint density at radius 3 is 2.80 bits per heavy atom. The van der Waals surface area contributed by atoms with Crippen LogP contribution in [-0.4, -0.2) is 14.6 Å². The Bertz CT molecular complexity index is 798. The highest BCUT2D eigenvalue weighted by molar-refractivity contribution is 6.38. The van der Waals surface area contributed by atoms with Crippen molar-refractivity contribution in [3.63, 3.8) is 0 Å². The van der Waals surface area contributed by atoms with E-state index in [0.29, 0.717) is 21.9 Å². The van der Waals surface area contributed by atoms with E-state index in [1.165, 1.54) is 16.6 Å². The van der Waals surface area contributed by atoms with Crippen molar-refractivity contribution >= 4 is 28.8 Å². The number of fused-ring (bicyclic) bond motifs is 1. The molecule has 2 heterocycles. The maximum Gasteiger partial charge on any atom is 0.161 e. The first-order chi connectivity index (χ1) is 9.61. The molecule has 0 bridgehead atoms. The van der Waals surface area contributed by atoms with Gasteiger partial charge in [0, 0.05) is 5.56 Å². The summed E-state index contributed by atoms with van der Waals surface area (Å²) in [5, 5.41) is 4.77.